The first-order valence-electron chi connectivity index (χ1n) is 9.72. The number of H-pyrrole nitrogens is 1. The number of rotatable bonds is 7. The van der Waals surface area contributed by atoms with Crippen LogP contribution in [0.4, 0.5) is 5.82 Å². The average molecular weight is 446 g/mol. The molecule has 2 heterocycles. The van der Waals surface area contributed by atoms with Crippen molar-refractivity contribution < 1.29 is 4.79 Å². The standard InChI is InChI=1S/C21H28BrN5O/c1-14-8-11-27(12-9-14)13-10-23-16(3)19-18(22)20(26-25-19)24-21(28)17-7-5-4-6-15(17)2/h4-7,14,23H,3,8-13H2,1-2H3,(H2,24,25,26,28). The topological polar surface area (TPSA) is 73.1 Å². The lowest BCUT2D eigenvalue weighted by Crippen LogP contribution is -2.37. The second kappa shape index (κ2) is 9.39. The van der Waals surface area contributed by atoms with Crippen LogP contribution in [0.3, 0.4) is 0 Å². The van der Waals surface area contributed by atoms with E-state index in [1.54, 1.807) is 6.07 Å². The SMILES string of the molecule is C=C(NCCN1CCC(C)CC1)c1[nH]nc(NC(=O)c2ccccc2C)c1Br. The van der Waals surface area contributed by atoms with Crippen LogP contribution in [0.1, 0.15) is 41.4 Å². The first-order chi connectivity index (χ1) is 13.5. The number of nitrogens with zero attached hydrogens (tertiary/aromatic N) is 2. The zero-order valence-corrected chi connectivity index (χ0v) is 18.1. The predicted molar refractivity (Wildman–Crippen MR) is 117 cm³/mol. The Bertz CT molecular complexity index is 839. The Labute approximate surface area is 174 Å². The molecular weight excluding hydrogens is 418 g/mol. The molecule has 0 aliphatic carbocycles. The van der Waals surface area contributed by atoms with Crippen molar-refractivity contribution in [3.63, 3.8) is 0 Å². The number of piperidine rings is 1. The van der Waals surface area contributed by atoms with Gasteiger partial charge in [-0.3, -0.25) is 9.89 Å². The monoisotopic (exact) mass is 445 g/mol. The number of hydrogen-bond acceptors (Lipinski definition) is 4. The smallest absolute Gasteiger partial charge is 0.257 e. The molecule has 3 rings (SSSR count). The molecule has 0 saturated carbocycles. The van der Waals surface area contributed by atoms with Crippen molar-refractivity contribution >= 4 is 33.4 Å². The largest absolute Gasteiger partial charge is 0.382 e. The maximum absolute atomic E-state index is 12.5. The highest BCUT2D eigenvalue weighted by atomic mass is 79.9. The number of aryl methyl sites for hydroxylation is 1. The van der Waals surface area contributed by atoms with Gasteiger partial charge in [-0.25, -0.2) is 0 Å². The number of aromatic nitrogens is 2. The fourth-order valence-corrected chi connectivity index (χ4v) is 3.87. The Morgan fingerprint density at radius 2 is 2.07 bits per heavy atom. The quantitative estimate of drug-likeness (QED) is 0.601. The Hall–Kier alpha value is -2.12. The molecule has 0 unspecified atom stereocenters. The van der Waals surface area contributed by atoms with E-state index in [2.05, 4.69) is 55.2 Å². The molecule has 0 atom stereocenters. The summed E-state index contributed by atoms with van der Waals surface area (Å²) in [5.41, 5.74) is 3.05. The van der Waals surface area contributed by atoms with Crippen LogP contribution in [0.15, 0.2) is 35.3 Å². The molecular formula is C21H28BrN5O. The number of halogens is 1. The van der Waals surface area contributed by atoms with Crippen LogP contribution in [-0.2, 0) is 0 Å². The van der Waals surface area contributed by atoms with Gasteiger partial charge in [-0.2, -0.15) is 5.10 Å². The summed E-state index contributed by atoms with van der Waals surface area (Å²) in [5.74, 6) is 1.11. The number of hydrogen-bond donors (Lipinski definition) is 3. The van der Waals surface area contributed by atoms with E-state index in [0.29, 0.717) is 15.9 Å². The molecule has 1 saturated heterocycles. The lowest BCUT2D eigenvalue weighted by molar-refractivity contribution is 0.102. The molecule has 1 amide bonds. The summed E-state index contributed by atoms with van der Waals surface area (Å²) in [6.07, 6.45) is 2.55. The number of carbonyl (C=O) groups is 1. The van der Waals surface area contributed by atoms with Crippen LogP contribution in [0.5, 0.6) is 0 Å². The van der Waals surface area contributed by atoms with Crippen LogP contribution >= 0.6 is 15.9 Å². The molecule has 1 fully saturated rings. The summed E-state index contributed by atoms with van der Waals surface area (Å²) in [4.78, 5) is 15.0. The van der Waals surface area contributed by atoms with Crippen molar-refractivity contribution in [3.8, 4) is 0 Å². The summed E-state index contributed by atoms with van der Waals surface area (Å²) >= 11 is 3.53. The van der Waals surface area contributed by atoms with Gasteiger partial charge < -0.3 is 15.5 Å². The predicted octanol–water partition coefficient (Wildman–Crippen LogP) is 4.03. The van der Waals surface area contributed by atoms with Gasteiger partial charge in [0.25, 0.3) is 5.91 Å². The van der Waals surface area contributed by atoms with Gasteiger partial charge in [0, 0.05) is 18.7 Å². The minimum Gasteiger partial charge on any atom is -0.382 e. The lowest BCUT2D eigenvalue weighted by Gasteiger charge is -2.30. The molecule has 7 heteroatoms. The Balaban J connectivity index is 1.54. The van der Waals surface area contributed by atoms with Crippen molar-refractivity contribution in [2.24, 2.45) is 5.92 Å². The van der Waals surface area contributed by atoms with Crippen LogP contribution in [0.2, 0.25) is 0 Å². The van der Waals surface area contributed by atoms with E-state index in [4.69, 9.17) is 0 Å². The van der Waals surface area contributed by atoms with Crippen molar-refractivity contribution in [2.45, 2.75) is 26.7 Å². The molecule has 0 spiro atoms. The highest BCUT2D eigenvalue weighted by Gasteiger charge is 2.18. The summed E-state index contributed by atoms with van der Waals surface area (Å²) < 4.78 is 0.693. The summed E-state index contributed by atoms with van der Waals surface area (Å²) in [6.45, 7) is 12.5. The number of anilines is 1. The molecule has 0 bridgehead atoms. The molecule has 1 aliphatic heterocycles. The fourth-order valence-electron chi connectivity index (χ4n) is 3.35. The van der Waals surface area contributed by atoms with Gasteiger partial charge in [0.05, 0.1) is 15.9 Å². The molecule has 150 valence electrons. The normalized spacial score (nSPS) is 15.4. The van der Waals surface area contributed by atoms with E-state index in [9.17, 15) is 4.79 Å². The third kappa shape index (κ3) is 5.02. The first-order valence-corrected chi connectivity index (χ1v) is 10.5. The summed E-state index contributed by atoms with van der Waals surface area (Å²) in [5, 5.41) is 13.4. The summed E-state index contributed by atoms with van der Waals surface area (Å²) in [7, 11) is 0. The van der Waals surface area contributed by atoms with Crippen LogP contribution < -0.4 is 10.6 Å². The van der Waals surface area contributed by atoms with Gasteiger partial charge >= 0.3 is 0 Å². The molecule has 3 N–H and O–H groups in total. The van der Waals surface area contributed by atoms with Crippen molar-refractivity contribution in [3.05, 3.63) is 52.1 Å². The number of benzene rings is 1. The van der Waals surface area contributed by atoms with Crippen LogP contribution in [-0.4, -0.2) is 47.2 Å². The zero-order valence-electron chi connectivity index (χ0n) is 16.5. The van der Waals surface area contributed by atoms with E-state index in [0.717, 1.165) is 49.1 Å². The molecule has 1 aromatic heterocycles. The minimum atomic E-state index is -0.185. The van der Waals surface area contributed by atoms with Crippen molar-refractivity contribution in [1.82, 2.24) is 20.4 Å². The second-order valence-corrected chi connectivity index (χ2v) is 8.25. The molecule has 28 heavy (non-hydrogen) atoms. The zero-order chi connectivity index (χ0) is 20.1. The van der Waals surface area contributed by atoms with E-state index < -0.39 is 0 Å². The van der Waals surface area contributed by atoms with E-state index in [1.807, 2.05) is 25.1 Å². The molecule has 0 radical (unpaired) electrons. The van der Waals surface area contributed by atoms with Crippen LogP contribution in [0, 0.1) is 12.8 Å². The third-order valence-corrected chi connectivity index (χ3v) is 6.05. The Morgan fingerprint density at radius 1 is 1.36 bits per heavy atom. The number of likely N-dealkylation sites (tertiary alicyclic amines) is 1. The van der Waals surface area contributed by atoms with Crippen LogP contribution in [0.25, 0.3) is 5.70 Å². The summed E-state index contributed by atoms with van der Waals surface area (Å²) in [6, 6.07) is 7.47. The van der Waals surface area contributed by atoms with E-state index in [-0.39, 0.29) is 5.91 Å². The first kappa shape index (κ1) is 20.6. The number of aromatic amines is 1. The molecule has 6 nitrogen and oxygen atoms in total. The third-order valence-electron chi connectivity index (χ3n) is 5.27. The Kier molecular flexibility index (Phi) is 6.91. The van der Waals surface area contributed by atoms with Gasteiger partial charge in [-0.1, -0.05) is 31.7 Å². The number of amides is 1. The maximum Gasteiger partial charge on any atom is 0.257 e. The van der Waals surface area contributed by atoms with Gasteiger partial charge in [0.2, 0.25) is 0 Å². The minimum absolute atomic E-state index is 0.185. The number of nitrogens with one attached hydrogen (secondary N) is 3. The molecule has 2 aromatic rings. The van der Waals surface area contributed by atoms with Crippen molar-refractivity contribution in [2.75, 3.05) is 31.5 Å². The van der Waals surface area contributed by atoms with Gasteiger partial charge in [-0.05, 0) is 66.3 Å². The van der Waals surface area contributed by atoms with Gasteiger partial charge in [-0.15, -0.1) is 0 Å². The van der Waals surface area contributed by atoms with Gasteiger partial charge in [0.15, 0.2) is 5.82 Å². The fraction of sp³-hybridized carbons (Fsp3) is 0.429. The lowest BCUT2D eigenvalue weighted by atomic mass is 9.99. The van der Waals surface area contributed by atoms with E-state index >= 15 is 0 Å². The Morgan fingerprint density at radius 3 is 2.79 bits per heavy atom. The molecule has 1 aliphatic rings. The number of carbonyl (C=O) groups excluding carboxylic acids is 1. The molecule has 1 aromatic carbocycles. The highest BCUT2D eigenvalue weighted by molar-refractivity contribution is 9.10. The highest BCUT2D eigenvalue weighted by Crippen LogP contribution is 2.27. The average Bonchev–Trinajstić information content (AvgIpc) is 3.04. The van der Waals surface area contributed by atoms with E-state index in [1.165, 1.54) is 12.8 Å². The maximum atomic E-state index is 12.5. The second-order valence-electron chi connectivity index (χ2n) is 7.46. The van der Waals surface area contributed by atoms with Gasteiger partial charge in [0.1, 0.15) is 0 Å². The van der Waals surface area contributed by atoms with Crippen molar-refractivity contribution in [1.29, 1.82) is 0 Å².